The molecule has 0 aliphatic carbocycles. The number of rotatable bonds is 0. The van der Waals surface area contributed by atoms with Gasteiger partial charge in [-0.05, 0) is 0 Å². The Kier molecular flexibility index (Phi) is 2080. The number of hydrogen-bond acceptors (Lipinski definition) is 5. The summed E-state index contributed by atoms with van der Waals surface area (Å²) >= 11 is 0. The Morgan fingerprint density at radius 3 is 0.364 bits per heavy atom. The molecule has 70 valence electrons. The van der Waals surface area contributed by atoms with Crippen molar-refractivity contribution >= 4 is 52.4 Å². The predicted molar refractivity (Wildman–Crippen MR) is 49.7 cm³/mol. The summed E-state index contributed by atoms with van der Waals surface area (Å²) in [5, 5.41) is 0. The van der Waals surface area contributed by atoms with Crippen LogP contribution in [0, 0.1) is 0 Å². The second-order valence-electron chi connectivity index (χ2n) is 0. The monoisotopic (exact) mass is 286 g/mol. The van der Waals surface area contributed by atoms with Gasteiger partial charge in [0.25, 0.3) is 0 Å². The SMILES string of the molecule is [O-][SiH3].[O-][SiH3].[O-][SiH3].[O-][SiH3].[O-][SiH3].[V+5]. The summed E-state index contributed by atoms with van der Waals surface area (Å²) in [5.41, 5.74) is 0. The van der Waals surface area contributed by atoms with Crippen molar-refractivity contribution in [2.24, 2.45) is 0 Å². The molecule has 0 bridgehead atoms. The van der Waals surface area contributed by atoms with E-state index in [9.17, 15) is 0 Å². The third-order valence-corrected chi connectivity index (χ3v) is 0. The molecule has 0 saturated carbocycles. The van der Waals surface area contributed by atoms with Gasteiger partial charge in [-0.3, -0.25) is 0 Å². The first kappa shape index (κ1) is 39.2. The van der Waals surface area contributed by atoms with Crippen LogP contribution < -0.4 is 24.0 Å². The molecule has 0 spiro atoms. The maximum atomic E-state index is 8.39. The summed E-state index contributed by atoms with van der Waals surface area (Å²) in [6, 6.07) is 0. The van der Waals surface area contributed by atoms with E-state index in [1.165, 1.54) is 0 Å². The molecule has 0 atom stereocenters. The van der Waals surface area contributed by atoms with E-state index in [1.807, 2.05) is 0 Å². The molecule has 0 unspecified atom stereocenters. The fourth-order valence-corrected chi connectivity index (χ4v) is 0. The summed E-state index contributed by atoms with van der Waals surface area (Å²) in [6.07, 6.45) is 0. The normalized spacial score (nSPS) is 4.09. The van der Waals surface area contributed by atoms with E-state index in [0.29, 0.717) is 0 Å². The quantitative estimate of drug-likeness (QED) is 0.410. The molecule has 11 heteroatoms. The molecule has 0 aromatic heterocycles. The molecule has 0 saturated heterocycles. The van der Waals surface area contributed by atoms with Gasteiger partial charge in [-0.25, -0.2) is 0 Å². The van der Waals surface area contributed by atoms with Crippen LogP contribution in [0.4, 0.5) is 0 Å². The second kappa shape index (κ2) is 583. The van der Waals surface area contributed by atoms with E-state index < -0.39 is 0 Å². The van der Waals surface area contributed by atoms with Gasteiger partial charge in [0, 0.05) is 0 Å². The van der Waals surface area contributed by atoms with Crippen LogP contribution in [0.25, 0.3) is 0 Å². The third-order valence-electron chi connectivity index (χ3n) is 0. The predicted octanol–water partition coefficient (Wildman–Crippen LogP) is -11.9. The Labute approximate surface area is 94.8 Å². The molecule has 5 nitrogen and oxygen atoms in total. The van der Waals surface area contributed by atoms with Crippen molar-refractivity contribution in [1.29, 1.82) is 0 Å². The molecule has 0 rings (SSSR count). The molecular formula is H15O5Si5V. The largest absolute Gasteiger partial charge is 5.00 e. The molecule has 0 aromatic rings. The van der Waals surface area contributed by atoms with Gasteiger partial charge in [-0.15, -0.1) is 0 Å². The molecule has 0 aliphatic heterocycles. The first-order valence-corrected chi connectivity index (χ1v) is 6.12. The zero-order valence-corrected chi connectivity index (χ0v) is 18.9. The van der Waals surface area contributed by atoms with Crippen molar-refractivity contribution in [1.82, 2.24) is 0 Å². The summed E-state index contributed by atoms with van der Waals surface area (Å²) in [6.45, 7) is 0. The minimum Gasteiger partial charge on any atom is -0.865 e. The fourth-order valence-electron chi connectivity index (χ4n) is 0. The zero-order chi connectivity index (χ0) is 10.0. The fraction of sp³-hybridized carbons (Fsp3) is 0. The van der Waals surface area contributed by atoms with Crippen molar-refractivity contribution in [2.45, 2.75) is 0 Å². The third kappa shape index (κ3) is 477. The van der Waals surface area contributed by atoms with Crippen LogP contribution in [-0.2, 0) is 18.6 Å². The van der Waals surface area contributed by atoms with Crippen LogP contribution in [0.15, 0.2) is 0 Å². The first-order chi connectivity index (χ1) is 5.00. The zero-order valence-electron chi connectivity index (χ0n) is 7.49. The topological polar surface area (TPSA) is 115 Å². The van der Waals surface area contributed by atoms with E-state index in [1.54, 1.807) is 0 Å². The Hall–Kier alpha value is 1.47. The van der Waals surface area contributed by atoms with Crippen LogP contribution in [0.5, 0.6) is 0 Å². The molecule has 0 fully saturated rings. The molecule has 0 amide bonds. The van der Waals surface area contributed by atoms with Gasteiger partial charge in [0.05, 0.1) is 0 Å². The van der Waals surface area contributed by atoms with E-state index in [0.717, 1.165) is 0 Å². The first-order valence-electron chi connectivity index (χ1n) is 2.04. The van der Waals surface area contributed by atoms with Gasteiger partial charge < -0.3 is 24.0 Å². The number of hydrogen-bond donors (Lipinski definition) is 0. The average Bonchev–Trinajstić information content (AvgIpc) is 2.20. The van der Waals surface area contributed by atoms with Gasteiger partial charge >= 0.3 is 18.6 Å². The van der Waals surface area contributed by atoms with Crippen molar-refractivity contribution < 1.29 is 42.5 Å². The summed E-state index contributed by atoms with van der Waals surface area (Å²) in [7, 11) is 0.278. The van der Waals surface area contributed by atoms with Crippen LogP contribution in [0.3, 0.4) is 0 Å². The van der Waals surface area contributed by atoms with Crippen LogP contribution in [0.1, 0.15) is 0 Å². The van der Waals surface area contributed by atoms with E-state index in [4.69, 9.17) is 24.0 Å². The maximum Gasteiger partial charge on any atom is 5.00 e. The molecule has 0 N–H and O–H groups in total. The van der Waals surface area contributed by atoms with Crippen molar-refractivity contribution in [2.75, 3.05) is 0 Å². The van der Waals surface area contributed by atoms with Gasteiger partial charge in [0.15, 0.2) is 0 Å². The molecular weight excluding hydrogens is 271 g/mol. The minimum atomic E-state index is 0. The summed E-state index contributed by atoms with van der Waals surface area (Å²) < 4.78 is 0. The molecule has 0 aliphatic rings. The van der Waals surface area contributed by atoms with E-state index in [-0.39, 0.29) is 71.0 Å². The van der Waals surface area contributed by atoms with Crippen LogP contribution in [-0.4, -0.2) is 52.4 Å². The van der Waals surface area contributed by atoms with Crippen molar-refractivity contribution in [3.8, 4) is 0 Å². The van der Waals surface area contributed by atoms with Crippen LogP contribution >= 0.6 is 0 Å². The molecule has 0 radical (unpaired) electrons. The molecule has 0 heterocycles. The maximum absolute atomic E-state index is 8.39. The van der Waals surface area contributed by atoms with Gasteiger partial charge in [0.2, 0.25) is 0 Å². The summed E-state index contributed by atoms with van der Waals surface area (Å²) in [4.78, 5) is 41.9. The Balaban J connectivity index is -0.00000000694. The van der Waals surface area contributed by atoms with E-state index in [2.05, 4.69) is 0 Å². The van der Waals surface area contributed by atoms with Gasteiger partial charge in [-0.1, -0.05) is 52.4 Å². The van der Waals surface area contributed by atoms with Crippen molar-refractivity contribution in [3.63, 3.8) is 0 Å². The molecule has 0 aromatic carbocycles. The Morgan fingerprint density at radius 2 is 0.364 bits per heavy atom. The smallest absolute Gasteiger partial charge is 0.865 e. The standard InChI is InChI=1S/5H3OSi.V/c5*1-2;/h5*2H3;/q5*-1;+5. The average molecular weight is 286 g/mol. The second-order valence-corrected chi connectivity index (χ2v) is 0. The van der Waals surface area contributed by atoms with Crippen LogP contribution in [0.2, 0.25) is 0 Å². The minimum absolute atomic E-state index is 0. The van der Waals surface area contributed by atoms with Crippen molar-refractivity contribution in [3.05, 3.63) is 0 Å². The van der Waals surface area contributed by atoms with Gasteiger partial charge in [-0.2, -0.15) is 0 Å². The summed E-state index contributed by atoms with van der Waals surface area (Å²) in [5.74, 6) is 0. The Bertz CT molecular complexity index is 14.8. The van der Waals surface area contributed by atoms with Gasteiger partial charge in [0.1, 0.15) is 0 Å². The molecule has 11 heavy (non-hydrogen) atoms. The Morgan fingerprint density at radius 1 is 0.364 bits per heavy atom. The van der Waals surface area contributed by atoms with E-state index >= 15 is 0 Å².